The Bertz CT molecular complexity index is 741. The molecule has 0 bridgehead atoms. The number of nitrogens with zero attached hydrogens (tertiary/aromatic N) is 3. The van der Waals surface area contributed by atoms with E-state index in [4.69, 9.17) is 0 Å². The Balaban J connectivity index is 1.52. The van der Waals surface area contributed by atoms with E-state index in [0.29, 0.717) is 32.0 Å². The lowest BCUT2D eigenvalue weighted by Gasteiger charge is -2.29. The fourth-order valence-corrected chi connectivity index (χ4v) is 4.38. The van der Waals surface area contributed by atoms with Crippen LogP contribution in [0.1, 0.15) is 25.3 Å². The van der Waals surface area contributed by atoms with E-state index in [2.05, 4.69) is 16.7 Å². The van der Waals surface area contributed by atoms with Crippen molar-refractivity contribution < 1.29 is 8.42 Å². The molecule has 0 amide bonds. The van der Waals surface area contributed by atoms with Crippen LogP contribution in [0.2, 0.25) is 0 Å². The first-order chi connectivity index (χ1) is 11.5. The van der Waals surface area contributed by atoms with Crippen LogP contribution < -0.4 is 4.72 Å². The fourth-order valence-electron chi connectivity index (χ4n) is 3.02. The molecule has 0 unspecified atom stereocenters. The fraction of sp³-hybridized carbons (Fsp3) is 0.471. The monoisotopic (exact) mass is 348 g/mol. The molecule has 0 saturated carbocycles. The summed E-state index contributed by atoms with van der Waals surface area (Å²) < 4.78 is 30.8. The number of aromatic nitrogens is 2. The minimum Gasteiger partial charge on any atom is -0.241 e. The van der Waals surface area contributed by atoms with Gasteiger partial charge in [0.25, 0.3) is 10.2 Å². The van der Waals surface area contributed by atoms with Crippen LogP contribution in [0.15, 0.2) is 42.7 Å². The van der Waals surface area contributed by atoms with Gasteiger partial charge in [-0.25, -0.2) is 9.40 Å². The van der Waals surface area contributed by atoms with Crippen LogP contribution in [0.25, 0.3) is 5.69 Å². The smallest absolute Gasteiger partial charge is 0.241 e. The molecule has 1 aromatic carbocycles. The molecular weight excluding hydrogens is 324 g/mol. The predicted octanol–water partition coefficient (Wildman–Crippen LogP) is 1.98. The molecule has 1 saturated heterocycles. The van der Waals surface area contributed by atoms with E-state index in [1.54, 1.807) is 15.2 Å². The van der Waals surface area contributed by atoms with E-state index < -0.39 is 10.2 Å². The van der Waals surface area contributed by atoms with Gasteiger partial charge in [0.2, 0.25) is 0 Å². The molecule has 0 spiro atoms. The average molecular weight is 348 g/mol. The molecule has 1 atom stereocenters. The largest absolute Gasteiger partial charge is 0.279 e. The molecule has 1 fully saturated rings. The van der Waals surface area contributed by atoms with Gasteiger partial charge in [0, 0.05) is 32.0 Å². The summed E-state index contributed by atoms with van der Waals surface area (Å²) in [4.78, 5) is 0. The van der Waals surface area contributed by atoms with Crippen molar-refractivity contribution >= 4 is 10.2 Å². The molecular formula is C17H24N4O2S. The number of piperidine rings is 1. The van der Waals surface area contributed by atoms with Crippen LogP contribution >= 0.6 is 0 Å². The second-order valence-corrected chi connectivity index (χ2v) is 8.13. The zero-order valence-electron chi connectivity index (χ0n) is 13.9. The third-order valence-corrected chi connectivity index (χ3v) is 5.94. The zero-order chi connectivity index (χ0) is 17.0. The van der Waals surface area contributed by atoms with Crippen LogP contribution in [-0.2, 0) is 16.6 Å². The predicted molar refractivity (Wildman–Crippen MR) is 94.2 cm³/mol. The van der Waals surface area contributed by atoms with E-state index in [1.165, 1.54) is 0 Å². The molecule has 6 nitrogen and oxygen atoms in total. The zero-order valence-corrected chi connectivity index (χ0v) is 14.7. The molecule has 7 heteroatoms. The summed E-state index contributed by atoms with van der Waals surface area (Å²) in [5.74, 6) is 0.435. The van der Waals surface area contributed by atoms with Crippen molar-refractivity contribution in [1.82, 2.24) is 18.8 Å². The van der Waals surface area contributed by atoms with E-state index in [9.17, 15) is 8.42 Å². The Hall–Kier alpha value is -1.70. The summed E-state index contributed by atoms with van der Waals surface area (Å²) >= 11 is 0. The van der Waals surface area contributed by atoms with Crippen LogP contribution in [0, 0.1) is 5.92 Å². The lowest BCUT2D eigenvalue weighted by atomic mass is 10.0. The van der Waals surface area contributed by atoms with E-state index in [-0.39, 0.29) is 0 Å². The van der Waals surface area contributed by atoms with Crippen molar-refractivity contribution in [3.8, 4) is 5.69 Å². The number of nitrogens with one attached hydrogen (secondary N) is 1. The third kappa shape index (κ3) is 4.23. The molecule has 1 N–H and O–H groups in total. The maximum atomic E-state index is 12.3. The minimum absolute atomic E-state index is 0.411. The summed E-state index contributed by atoms with van der Waals surface area (Å²) in [5, 5.41) is 4.19. The van der Waals surface area contributed by atoms with Gasteiger partial charge in [-0.15, -0.1) is 0 Å². The van der Waals surface area contributed by atoms with Crippen molar-refractivity contribution in [3.63, 3.8) is 0 Å². The Morgan fingerprint density at radius 1 is 1.29 bits per heavy atom. The molecule has 1 aromatic heterocycles. The van der Waals surface area contributed by atoms with E-state index in [0.717, 1.165) is 24.1 Å². The normalized spacial score (nSPS) is 19.5. The summed E-state index contributed by atoms with van der Waals surface area (Å²) in [5.41, 5.74) is 2.09. The molecule has 130 valence electrons. The van der Waals surface area contributed by atoms with Gasteiger partial charge in [0.05, 0.1) is 5.69 Å². The summed E-state index contributed by atoms with van der Waals surface area (Å²) in [7, 11) is -3.36. The first-order valence-corrected chi connectivity index (χ1v) is 9.82. The van der Waals surface area contributed by atoms with Gasteiger partial charge in [-0.2, -0.15) is 17.8 Å². The summed E-state index contributed by atoms with van der Waals surface area (Å²) in [6, 6.07) is 9.87. The molecule has 1 aliphatic heterocycles. The molecule has 0 aliphatic carbocycles. The van der Waals surface area contributed by atoms with Crippen LogP contribution in [0.4, 0.5) is 0 Å². The molecule has 1 aliphatic rings. The highest BCUT2D eigenvalue weighted by Crippen LogP contribution is 2.17. The maximum absolute atomic E-state index is 12.3. The van der Waals surface area contributed by atoms with Gasteiger partial charge in [0.15, 0.2) is 0 Å². The Kier molecular flexibility index (Phi) is 5.33. The third-order valence-electron chi connectivity index (χ3n) is 4.36. The molecule has 0 radical (unpaired) electrons. The van der Waals surface area contributed by atoms with Gasteiger partial charge in [0.1, 0.15) is 0 Å². The number of hydrogen-bond donors (Lipinski definition) is 1. The first kappa shape index (κ1) is 17.1. The van der Waals surface area contributed by atoms with Crippen molar-refractivity contribution in [2.45, 2.75) is 26.2 Å². The lowest BCUT2D eigenvalue weighted by molar-refractivity contribution is 0.278. The second kappa shape index (κ2) is 7.46. The second-order valence-electron chi connectivity index (χ2n) is 6.37. The van der Waals surface area contributed by atoms with Gasteiger partial charge in [-0.3, -0.25) is 0 Å². The van der Waals surface area contributed by atoms with Crippen molar-refractivity contribution in [1.29, 1.82) is 0 Å². The van der Waals surface area contributed by atoms with Gasteiger partial charge < -0.3 is 0 Å². The molecule has 24 heavy (non-hydrogen) atoms. The minimum atomic E-state index is -3.36. The van der Waals surface area contributed by atoms with E-state index in [1.807, 2.05) is 36.5 Å². The van der Waals surface area contributed by atoms with Crippen LogP contribution in [-0.4, -0.2) is 42.1 Å². The lowest BCUT2D eigenvalue weighted by Crippen LogP contribution is -2.46. The van der Waals surface area contributed by atoms with Crippen LogP contribution in [0.3, 0.4) is 0 Å². The molecule has 2 aromatic rings. The van der Waals surface area contributed by atoms with Crippen molar-refractivity contribution in [2.75, 3.05) is 19.6 Å². The summed E-state index contributed by atoms with van der Waals surface area (Å²) in [6.07, 6.45) is 6.35. The highest BCUT2D eigenvalue weighted by Gasteiger charge is 2.26. The van der Waals surface area contributed by atoms with E-state index >= 15 is 0 Å². The van der Waals surface area contributed by atoms with Gasteiger partial charge >= 0.3 is 0 Å². The molecule has 3 rings (SSSR count). The topological polar surface area (TPSA) is 67.2 Å². The quantitative estimate of drug-likeness (QED) is 0.868. The Morgan fingerprint density at radius 2 is 2.08 bits per heavy atom. The maximum Gasteiger partial charge on any atom is 0.279 e. The Morgan fingerprint density at radius 3 is 2.75 bits per heavy atom. The number of rotatable bonds is 6. The van der Waals surface area contributed by atoms with Gasteiger partial charge in [-0.1, -0.05) is 19.1 Å². The first-order valence-electron chi connectivity index (χ1n) is 8.38. The highest BCUT2D eigenvalue weighted by atomic mass is 32.2. The number of benzene rings is 1. The average Bonchev–Trinajstić information content (AvgIpc) is 3.10. The Labute approximate surface area is 143 Å². The summed E-state index contributed by atoms with van der Waals surface area (Å²) in [6.45, 7) is 3.75. The molecule has 2 heterocycles. The van der Waals surface area contributed by atoms with Crippen LogP contribution in [0.5, 0.6) is 0 Å². The standard InChI is InChI=1S/C17H24N4O2S/c1-15-4-2-12-20(14-15)24(22,23)19-11-9-16-5-7-17(8-6-16)21-13-3-10-18-21/h3,5-8,10,13,15,19H,2,4,9,11-12,14H2,1H3/t15-/m0/s1. The highest BCUT2D eigenvalue weighted by molar-refractivity contribution is 7.87. The SMILES string of the molecule is C[C@H]1CCCN(S(=O)(=O)NCCc2ccc(-n3cccn3)cc2)C1. The van der Waals surface area contributed by atoms with Gasteiger partial charge in [-0.05, 0) is 48.9 Å². The van der Waals surface area contributed by atoms with Crippen molar-refractivity contribution in [3.05, 3.63) is 48.3 Å². The van der Waals surface area contributed by atoms with Crippen molar-refractivity contribution in [2.24, 2.45) is 5.92 Å². The number of hydrogen-bond acceptors (Lipinski definition) is 3.